The summed E-state index contributed by atoms with van der Waals surface area (Å²) >= 11 is 4.65. The second-order valence-electron chi connectivity index (χ2n) is 1.05. The monoisotopic (exact) mass is 113 g/mol. The molecular formula is C4H4N2S. The molecule has 0 aromatic heterocycles. The van der Waals surface area contributed by atoms with Crippen LogP contribution >= 0.6 is 12.2 Å². The lowest BCUT2D eigenvalue weighted by Crippen LogP contribution is -1.95. The fraction of sp³-hybridized carbons (Fsp3) is 0.250. The number of rotatable bonds is 0. The molecule has 36 valence electrons. The van der Waals surface area contributed by atoms with Gasteiger partial charge in [-0.05, 0) is 0 Å². The van der Waals surface area contributed by atoms with E-state index in [2.05, 4.69) is 22.2 Å². The van der Waals surface area contributed by atoms with E-state index in [1.807, 2.05) is 0 Å². The zero-order valence-electron chi connectivity index (χ0n) is 4.53. The van der Waals surface area contributed by atoms with Crippen LogP contribution in [0.5, 0.6) is 0 Å². The molecule has 0 saturated heterocycles. The van der Waals surface area contributed by atoms with Gasteiger partial charge in [-0.25, -0.2) is 9.98 Å². The molecule has 0 fully saturated rings. The summed E-state index contributed by atoms with van der Waals surface area (Å²) in [5.41, 5.74) is 0. The van der Waals surface area contributed by atoms with Crippen LogP contribution < -0.4 is 0 Å². The summed E-state index contributed by atoms with van der Waals surface area (Å²) in [4.78, 5) is 7.64. The van der Waals surface area contributed by atoms with Crippen molar-refractivity contribution in [2.24, 2.45) is 9.98 Å². The third-order valence-corrected chi connectivity index (χ3v) is 0.796. The summed E-state index contributed by atoms with van der Waals surface area (Å²) in [6.45, 7) is 0. The van der Waals surface area contributed by atoms with Gasteiger partial charge in [0.15, 0.2) is 0 Å². The highest BCUT2D eigenvalue weighted by atomic mass is 32.1. The second-order valence-corrected chi connectivity index (χ2v) is 1.47. The fourth-order valence-electron chi connectivity index (χ4n) is 0.279. The Morgan fingerprint density at radius 1 is 2.00 bits per heavy atom. The number of thiocarbonyl (C=S) groups is 1. The van der Waals surface area contributed by atoms with Crippen LogP contribution in [0.25, 0.3) is 0 Å². The minimum atomic E-state index is -0.505. The summed E-state index contributed by atoms with van der Waals surface area (Å²) in [5.74, 6) is 0. The van der Waals surface area contributed by atoms with Crippen molar-refractivity contribution in [1.29, 1.82) is 0 Å². The summed E-state index contributed by atoms with van der Waals surface area (Å²) in [6, 6.07) is 0. The van der Waals surface area contributed by atoms with E-state index in [1.54, 1.807) is 0 Å². The Hall–Kier alpha value is -0.570. The maximum atomic E-state index is 7.07. The molecule has 0 radical (unpaired) electrons. The van der Waals surface area contributed by atoms with E-state index in [4.69, 9.17) is 1.37 Å². The smallest absolute Gasteiger partial charge is 0.116 e. The highest BCUT2D eigenvalue weighted by Crippen LogP contribution is 1.88. The highest BCUT2D eigenvalue weighted by Gasteiger charge is 1.89. The lowest BCUT2D eigenvalue weighted by molar-refractivity contribution is 1.50. The van der Waals surface area contributed by atoms with Crippen LogP contribution in [0.2, 0.25) is 0 Å². The maximum absolute atomic E-state index is 7.07. The van der Waals surface area contributed by atoms with E-state index in [-0.39, 0.29) is 0 Å². The molecule has 0 N–H and O–H groups in total. The van der Waals surface area contributed by atoms with E-state index in [0.29, 0.717) is 4.99 Å². The molecule has 0 amide bonds. The Labute approximate surface area is 48.4 Å². The van der Waals surface area contributed by atoms with Gasteiger partial charge in [-0.2, -0.15) is 0 Å². The number of nitrogens with zero attached hydrogens (tertiary/aromatic N) is 2. The van der Waals surface area contributed by atoms with Gasteiger partial charge < -0.3 is 0 Å². The fourth-order valence-corrected chi connectivity index (χ4v) is 0.387. The minimum absolute atomic E-state index is 0.389. The lowest BCUT2D eigenvalue weighted by atomic mass is 10.4. The van der Waals surface area contributed by atoms with Crippen molar-refractivity contribution in [3.63, 3.8) is 0 Å². The van der Waals surface area contributed by atoms with Gasteiger partial charge in [0.1, 0.15) is 11.3 Å². The first-order valence-electron chi connectivity index (χ1n) is 2.40. The topological polar surface area (TPSA) is 24.7 Å². The largest absolute Gasteiger partial charge is 0.249 e. The third-order valence-electron chi connectivity index (χ3n) is 0.555. The van der Waals surface area contributed by atoms with Crippen molar-refractivity contribution in [3.05, 3.63) is 0 Å². The van der Waals surface area contributed by atoms with Crippen LogP contribution in [0, 0.1) is 0 Å². The Morgan fingerprint density at radius 3 is 3.29 bits per heavy atom. The zero-order valence-corrected chi connectivity index (χ0v) is 4.35. The van der Waals surface area contributed by atoms with E-state index in [0.717, 1.165) is 0 Å². The third kappa shape index (κ3) is 1.16. The van der Waals surface area contributed by atoms with Gasteiger partial charge in [0.25, 0.3) is 0 Å². The normalized spacial score (nSPS) is 30.6. The number of hydrogen-bond acceptors (Lipinski definition) is 2. The van der Waals surface area contributed by atoms with E-state index in [1.165, 1.54) is 12.6 Å². The predicted octanol–water partition coefficient (Wildman–Crippen LogP) is 0.817. The van der Waals surface area contributed by atoms with Gasteiger partial charge in [-0.15, -0.1) is 0 Å². The zero-order chi connectivity index (χ0) is 5.98. The average molecular weight is 113 g/mol. The first kappa shape index (κ1) is 3.43. The molecule has 2 nitrogen and oxygen atoms in total. The molecular weight excluding hydrogens is 108 g/mol. The van der Waals surface area contributed by atoms with Crippen molar-refractivity contribution in [3.8, 4) is 0 Å². The van der Waals surface area contributed by atoms with Crippen LogP contribution in [0.3, 0.4) is 0 Å². The molecule has 7 heavy (non-hydrogen) atoms. The lowest BCUT2D eigenvalue weighted by Gasteiger charge is -1.91. The minimum Gasteiger partial charge on any atom is -0.249 e. The van der Waals surface area contributed by atoms with E-state index < -0.39 is 6.40 Å². The molecule has 0 saturated carbocycles. The molecule has 1 aliphatic rings. The van der Waals surface area contributed by atoms with Gasteiger partial charge in [0, 0.05) is 14.0 Å². The Balaban J connectivity index is 2.74. The molecule has 3 heteroatoms. The van der Waals surface area contributed by atoms with E-state index in [9.17, 15) is 0 Å². The molecule has 1 rings (SSSR count). The maximum Gasteiger partial charge on any atom is 0.116 e. The Morgan fingerprint density at radius 2 is 2.86 bits per heavy atom. The van der Waals surface area contributed by atoms with Crippen LogP contribution in [0.15, 0.2) is 9.98 Å². The second kappa shape index (κ2) is 1.93. The molecule has 0 aliphatic carbocycles. The molecule has 1 aliphatic heterocycles. The number of hydrogen-bond donors (Lipinski definition) is 0. The van der Waals surface area contributed by atoms with Crippen LogP contribution in [0.1, 0.15) is 7.77 Å². The molecule has 0 aromatic rings. The Bertz CT molecular complexity index is 163. The van der Waals surface area contributed by atoms with Crippen LogP contribution in [-0.4, -0.2) is 17.5 Å². The van der Waals surface area contributed by atoms with Crippen LogP contribution in [0.4, 0.5) is 0 Å². The quantitative estimate of drug-likeness (QED) is 0.427. The molecule has 1 heterocycles. The summed E-state index contributed by atoms with van der Waals surface area (Å²) in [6.07, 6.45) is 2.30. The Kier molecular flexibility index (Phi) is 0.947. The molecule has 0 aromatic carbocycles. The van der Waals surface area contributed by atoms with Gasteiger partial charge in [-0.3, -0.25) is 0 Å². The first-order chi connectivity index (χ1) is 3.80. The average Bonchev–Trinajstić information content (AvgIpc) is 1.77. The van der Waals surface area contributed by atoms with Crippen molar-refractivity contribution < 1.29 is 1.37 Å². The van der Waals surface area contributed by atoms with Crippen LogP contribution in [-0.2, 0) is 0 Å². The van der Waals surface area contributed by atoms with E-state index >= 15 is 0 Å². The summed E-state index contributed by atoms with van der Waals surface area (Å²) in [5, 5.41) is 0. The SMILES string of the molecule is [2H]C1C=NC=NC1=S. The molecule has 0 spiro atoms. The standard InChI is InChI=1S/C4H4N2S/c7-4-1-2-5-3-6-4/h2-3H,1H2/i1D. The van der Waals surface area contributed by atoms with Gasteiger partial charge in [0.05, 0.1) is 0 Å². The van der Waals surface area contributed by atoms with Crippen molar-refractivity contribution in [2.45, 2.75) is 6.40 Å². The predicted molar refractivity (Wildman–Crippen MR) is 34.2 cm³/mol. The van der Waals surface area contributed by atoms with Crippen molar-refractivity contribution in [1.82, 2.24) is 0 Å². The molecule has 0 bridgehead atoms. The molecule has 1 atom stereocenters. The summed E-state index contributed by atoms with van der Waals surface area (Å²) in [7, 11) is 0. The highest BCUT2D eigenvalue weighted by molar-refractivity contribution is 7.80. The molecule has 1 unspecified atom stereocenters. The van der Waals surface area contributed by atoms with Crippen molar-refractivity contribution >= 4 is 29.8 Å². The number of aliphatic imine (C=N–C) groups is 2. The first-order valence-corrected chi connectivity index (χ1v) is 2.23. The van der Waals surface area contributed by atoms with Gasteiger partial charge >= 0.3 is 0 Å². The van der Waals surface area contributed by atoms with Crippen molar-refractivity contribution in [2.75, 3.05) is 0 Å². The van der Waals surface area contributed by atoms with Gasteiger partial charge in [0.2, 0.25) is 0 Å². The summed E-state index contributed by atoms with van der Waals surface area (Å²) < 4.78 is 7.07. The van der Waals surface area contributed by atoms with Gasteiger partial charge in [-0.1, -0.05) is 12.2 Å².